The van der Waals surface area contributed by atoms with E-state index in [2.05, 4.69) is 0 Å². The van der Waals surface area contributed by atoms with Gasteiger partial charge in [0.15, 0.2) is 0 Å². The second-order valence-corrected chi connectivity index (χ2v) is 5.85. The van der Waals surface area contributed by atoms with Gasteiger partial charge < -0.3 is 10.2 Å². The summed E-state index contributed by atoms with van der Waals surface area (Å²) in [6, 6.07) is 7.42. The van der Waals surface area contributed by atoms with E-state index in [0.29, 0.717) is 25.7 Å². The molecule has 1 aromatic carbocycles. The third-order valence-electron chi connectivity index (χ3n) is 4.93. The molecule has 2 aliphatic rings. The van der Waals surface area contributed by atoms with E-state index in [4.69, 9.17) is 5.11 Å². The smallest absolute Gasteiger partial charge is 0.377 e. The lowest BCUT2D eigenvalue weighted by Gasteiger charge is -2.38. The SMILES string of the molecule is O=C(O)C(F)(F)C1(O)C2CCC1Cc1ccccc1C2. The third-order valence-corrected chi connectivity index (χ3v) is 4.93. The number of hydrogen-bond donors (Lipinski definition) is 2. The van der Waals surface area contributed by atoms with Crippen LogP contribution in [0.5, 0.6) is 0 Å². The Morgan fingerprint density at radius 2 is 1.60 bits per heavy atom. The molecule has 0 amide bonds. The minimum absolute atomic E-state index is 0.312. The van der Waals surface area contributed by atoms with Crippen molar-refractivity contribution in [3.63, 3.8) is 0 Å². The van der Waals surface area contributed by atoms with Crippen molar-refractivity contribution in [3.8, 4) is 0 Å². The van der Waals surface area contributed by atoms with E-state index in [0.717, 1.165) is 11.1 Å². The van der Waals surface area contributed by atoms with Gasteiger partial charge in [-0.1, -0.05) is 24.3 Å². The summed E-state index contributed by atoms with van der Waals surface area (Å²) in [5.41, 5.74) is -0.559. The summed E-state index contributed by atoms with van der Waals surface area (Å²) < 4.78 is 28.2. The molecule has 2 bridgehead atoms. The van der Waals surface area contributed by atoms with Crippen LogP contribution in [0.1, 0.15) is 24.0 Å². The molecule has 3 rings (SSSR count). The second-order valence-electron chi connectivity index (χ2n) is 5.85. The number of halogens is 2. The number of benzene rings is 1. The van der Waals surface area contributed by atoms with Gasteiger partial charge in [0.05, 0.1) is 0 Å². The summed E-state index contributed by atoms with van der Waals surface area (Å²) in [5.74, 6) is -7.76. The number of rotatable bonds is 2. The lowest BCUT2D eigenvalue weighted by Crippen LogP contribution is -2.59. The van der Waals surface area contributed by atoms with Crippen molar-refractivity contribution in [1.29, 1.82) is 0 Å². The zero-order valence-corrected chi connectivity index (χ0v) is 10.9. The highest BCUT2D eigenvalue weighted by Crippen LogP contribution is 2.53. The van der Waals surface area contributed by atoms with Crippen molar-refractivity contribution in [2.24, 2.45) is 11.8 Å². The summed E-state index contributed by atoms with van der Waals surface area (Å²) >= 11 is 0. The molecule has 2 atom stereocenters. The predicted octanol–water partition coefficient (Wildman–Crippen LogP) is 2.26. The Balaban J connectivity index is 2.07. The lowest BCUT2D eigenvalue weighted by molar-refractivity contribution is -0.229. The average molecular weight is 282 g/mol. The van der Waals surface area contributed by atoms with Crippen LogP contribution < -0.4 is 0 Å². The molecular weight excluding hydrogens is 266 g/mol. The molecule has 1 fully saturated rings. The van der Waals surface area contributed by atoms with E-state index < -0.39 is 29.3 Å². The maximum atomic E-state index is 14.1. The Labute approximate surface area is 115 Å². The van der Waals surface area contributed by atoms with Gasteiger partial charge in [0.1, 0.15) is 5.60 Å². The number of aliphatic carboxylic acids is 1. The fourth-order valence-electron chi connectivity index (χ4n) is 3.86. The Kier molecular flexibility index (Phi) is 2.87. The maximum Gasteiger partial charge on any atom is 0.377 e. The molecule has 0 saturated heterocycles. The molecule has 5 heteroatoms. The van der Waals surface area contributed by atoms with Crippen LogP contribution in [0, 0.1) is 11.8 Å². The van der Waals surface area contributed by atoms with E-state index in [9.17, 15) is 18.7 Å². The summed E-state index contributed by atoms with van der Waals surface area (Å²) in [5, 5.41) is 19.4. The summed E-state index contributed by atoms with van der Waals surface area (Å²) in [6.07, 6.45) is 1.51. The lowest BCUT2D eigenvalue weighted by atomic mass is 9.77. The van der Waals surface area contributed by atoms with Gasteiger partial charge in [-0.15, -0.1) is 0 Å². The van der Waals surface area contributed by atoms with Gasteiger partial charge >= 0.3 is 11.9 Å². The van der Waals surface area contributed by atoms with Gasteiger partial charge in [0.2, 0.25) is 0 Å². The molecule has 1 aromatic rings. The van der Waals surface area contributed by atoms with Crippen LogP contribution in [-0.4, -0.2) is 27.7 Å². The molecule has 3 nitrogen and oxygen atoms in total. The van der Waals surface area contributed by atoms with Gasteiger partial charge in [-0.05, 0) is 48.6 Å². The quantitative estimate of drug-likeness (QED) is 0.874. The largest absolute Gasteiger partial charge is 0.477 e. The third kappa shape index (κ3) is 1.62. The van der Waals surface area contributed by atoms with Crippen LogP contribution in [0.25, 0.3) is 0 Å². The van der Waals surface area contributed by atoms with Gasteiger partial charge in [-0.3, -0.25) is 0 Å². The molecule has 0 spiro atoms. The predicted molar refractivity (Wildman–Crippen MR) is 67.6 cm³/mol. The molecule has 0 aliphatic heterocycles. The molecule has 108 valence electrons. The molecule has 0 aromatic heterocycles. The van der Waals surface area contributed by atoms with Crippen LogP contribution in [0.2, 0.25) is 0 Å². The maximum absolute atomic E-state index is 14.1. The van der Waals surface area contributed by atoms with Crippen LogP contribution in [0.15, 0.2) is 24.3 Å². The number of carbonyl (C=O) groups is 1. The fraction of sp³-hybridized carbons (Fsp3) is 0.533. The first-order valence-electron chi connectivity index (χ1n) is 6.77. The van der Waals surface area contributed by atoms with Crippen molar-refractivity contribution in [1.82, 2.24) is 0 Å². The monoisotopic (exact) mass is 282 g/mol. The highest BCUT2D eigenvalue weighted by atomic mass is 19.3. The second kappa shape index (κ2) is 4.25. The van der Waals surface area contributed by atoms with Gasteiger partial charge in [0, 0.05) is 0 Å². The normalized spacial score (nSPS) is 32.5. The van der Waals surface area contributed by atoms with Crippen LogP contribution in [0.4, 0.5) is 8.78 Å². The summed E-state index contributed by atoms with van der Waals surface area (Å²) in [7, 11) is 0. The molecule has 0 radical (unpaired) electrons. The summed E-state index contributed by atoms with van der Waals surface area (Å²) in [4.78, 5) is 10.9. The number of hydrogen-bond acceptors (Lipinski definition) is 2. The molecule has 2 aliphatic carbocycles. The van der Waals surface area contributed by atoms with Crippen molar-refractivity contribution >= 4 is 5.97 Å². The highest BCUT2D eigenvalue weighted by Gasteiger charge is 2.68. The van der Waals surface area contributed by atoms with Crippen molar-refractivity contribution in [3.05, 3.63) is 35.4 Å². The van der Waals surface area contributed by atoms with E-state index in [1.165, 1.54) is 0 Å². The zero-order valence-electron chi connectivity index (χ0n) is 10.9. The number of carboxylic acids is 1. The van der Waals surface area contributed by atoms with Gasteiger partial charge in [0.25, 0.3) is 0 Å². The van der Waals surface area contributed by atoms with Gasteiger partial charge in [-0.25, -0.2) is 4.79 Å². The number of fused-ring (bicyclic) bond motifs is 3. The fourth-order valence-corrected chi connectivity index (χ4v) is 3.86. The Morgan fingerprint density at radius 1 is 1.15 bits per heavy atom. The van der Waals surface area contributed by atoms with Crippen LogP contribution in [0.3, 0.4) is 0 Å². The molecule has 0 heterocycles. The van der Waals surface area contributed by atoms with Crippen LogP contribution >= 0.6 is 0 Å². The van der Waals surface area contributed by atoms with Crippen molar-refractivity contribution in [2.45, 2.75) is 37.2 Å². The minimum Gasteiger partial charge on any atom is -0.477 e. The molecule has 2 unspecified atom stereocenters. The first-order chi connectivity index (χ1) is 9.37. The molecule has 2 N–H and O–H groups in total. The first-order valence-corrected chi connectivity index (χ1v) is 6.77. The standard InChI is InChI=1S/C15H16F2O3/c16-15(17,13(18)19)14(20)11-5-6-12(14)8-10-4-2-1-3-9(10)7-11/h1-4,11-12,20H,5-8H2,(H,18,19). The van der Waals surface area contributed by atoms with Crippen LogP contribution in [-0.2, 0) is 17.6 Å². The molecule has 20 heavy (non-hydrogen) atoms. The van der Waals surface area contributed by atoms with Crippen molar-refractivity contribution in [2.75, 3.05) is 0 Å². The number of alkyl halides is 2. The summed E-state index contributed by atoms with van der Waals surface area (Å²) in [6.45, 7) is 0. The van der Waals surface area contributed by atoms with Crippen molar-refractivity contribution < 1.29 is 23.8 Å². The highest BCUT2D eigenvalue weighted by molar-refractivity contribution is 5.77. The Hall–Kier alpha value is -1.49. The van der Waals surface area contributed by atoms with E-state index in [1.54, 1.807) is 0 Å². The molecular formula is C15H16F2O3. The van der Waals surface area contributed by atoms with E-state index >= 15 is 0 Å². The Bertz CT molecular complexity index is 523. The number of aliphatic hydroxyl groups is 1. The van der Waals surface area contributed by atoms with E-state index in [-0.39, 0.29) is 0 Å². The minimum atomic E-state index is -4.11. The topological polar surface area (TPSA) is 57.5 Å². The average Bonchev–Trinajstić information content (AvgIpc) is 2.62. The van der Waals surface area contributed by atoms with E-state index in [1.807, 2.05) is 24.3 Å². The Morgan fingerprint density at radius 3 is 2.00 bits per heavy atom. The first kappa shape index (κ1) is 13.5. The zero-order chi connectivity index (χ0) is 14.5. The van der Waals surface area contributed by atoms with Gasteiger partial charge in [-0.2, -0.15) is 8.78 Å². The molecule has 1 saturated carbocycles. The number of carboxylic acid groups (broad SMARTS) is 1.